The molecule has 0 fully saturated rings. The van der Waals surface area contributed by atoms with Crippen molar-refractivity contribution in [1.82, 2.24) is 14.8 Å². The van der Waals surface area contributed by atoms with Gasteiger partial charge in [0, 0.05) is 10.6 Å². The number of anilines is 1. The zero-order valence-electron chi connectivity index (χ0n) is 23.1. The quantitative estimate of drug-likeness (QED) is 0.280. The molecule has 39 heavy (non-hydrogen) atoms. The molecule has 11 heteroatoms. The molecule has 2 heterocycles. The van der Waals surface area contributed by atoms with Gasteiger partial charge in [0.15, 0.2) is 11.8 Å². The third-order valence-electron chi connectivity index (χ3n) is 6.90. The average Bonchev–Trinajstić information content (AvgIpc) is 3.45. The van der Waals surface area contributed by atoms with E-state index in [1.807, 2.05) is 17.7 Å². The van der Waals surface area contributed by atoms with Crippen LogP contribution in [0, 0.1) is 18.3 Å². The van der Waals surface area contributed by atoms with E-state index < -0.39 is 24.5 Å². The number of thioether (sulfide) groups is 1. The van der Waals surface area contributed by atoms with Crippen LogP contribution in [0.5, 0.6) is 0 Å². The summed E-state index contributed by atoms with van der Waals surface area (Å²) in [6, 6.07) is 6.83. The van der Waals surface area contributed by atoms with E-state index in [1.165, 1.54) is 23.1 Å². The highest BCUT2D eigenvalue weighted by atomic mass is 32.2. The highest BCUT2D eigenvalue weighted by molar-refractivity contribution is 7.98. The first-order chi connectivity index (χ1) is 18.5. The Bertz CT molecular complexity index is 1370. The summed E-state index contributed by atoms with van der Waals surface area (Å²) in [6.45, 7) is 10.1. The number of esters is 2. The van der Waals surface area contributed by atoms with E-state index in [9.17, 15) is 14.4 Å². The molecule has 0 aliphatic heterocycles. The molecule has 1 N–H and O–H groups in total. The van der Waals surface area contributed by atoms with Crippen LogP contribution in [0.15, 0.2) is 29.4 Å². The second kappa shape index (κ2) is 11.9. The molecule has 0 radical (unpaired) electrons. The molecule has 208 valence electrons. The van der Waals surface area contributed by atoms with Gasteiger partial charge >= 0.3 is 11.9 Å². The maximum absolute atomic E-state index is 12.8. The number of aryl methyl sites for hydroxylation is 1. The lowest BCUT2D eigenvalue weighted by Crippen LogP contribution is -2.26. The predicted octanol–water partition coefficient (Wildman–Crippen LogP) is 5.48. The second-order valence-corrected chi connectivity index (χ2v) is 12.4. The van der Waals surface area contributed by atoms with Gasteiger partial charge in [-0.1, -0.05) is 32.5 Å². The number of hydrogen-bond donors (Lipinski definition) is 1. The Kier molecular flexibility index (Phi) is 8.80. The Morgan fingerprint density at radius 2 is 1.85 bits per heavy atom. The molecule has 1 aromatic carbocycles. The van der Waals surface area contributed by atoms with E-state index in [-0.39, 0.29) is 12.0 Å². The number of ether oxygens (including phenoxy) is 2. The minimum absolute atomic E-state index is 0.146. The molecule has 1 unspecified atom stereocenters. The van der Waals surface area contributed by atoms with Crippen molar-refractivity contribution >= 4 is 45.9 Å². The second-order valence-electron chi connectivity index (χ2n) is 10.5. The SMILES string of the molecule is CCOC(=O)c1c(NC(=O)COC(=O)c2ccc(-n3c(C)nnc3SC)cc2)sc2c1CCC(C(C)(C)C)C2. The summed E-state index contributed by atoms with van der Waals surface area (Å²) in [5.74, 6) is -0.356. The van der Waals surface area contributed by atoms with Crippen LogP contribution in [0.1, 0.15) is 71.1 Å². The Hall–Kier alpha value is -3.18. The normalized spacial score (nSPS) is 15.0. The minimum Gasteiger partial charge on any atom is -0.462 e. The Balaban J connectivity index is 1.43. The van der Waals surface area contributed by atoms with Crippen molar-refractivity contribution in [1.29, 1.82) is 0 Å². The molecule has 1 aliphatic carbocycles. The molecular formula is C28H34N4O5S2. The van der Waals surface area contributed by atoms with Gasteiger partial charge in [-0.15, -0.1) is 21.5 Å². The van der Waals surface area contributed by atoms with Crippen LogP contribution in [-0.2, 0) is 27.1 Å². The van der Waals surface area contributed by atoms with Crippen molar-refractivity contribution in [3.8, 4) is 5.69 Å². The third-order valence-corrected chi connectivity index (χ3v) is 8.69. The van der Waals surface area contributed by atoms with E-state index in [0.29, 0.717) is 22.0 Å². The van der Waals surface area contributed by atoms with Gasteiger partial charge in [-0.2, -0.15) is 0 Å². The van der Waals surface area contributed by atoms with Crippen LogP contribution in [0.4, 0.5) is 5.00 Å². The van der Waals surface area contributed by atoms with Crippen molar-refractivity contribution in [2.45, 2.75) is 59.0 Å². The van der Waals surface area contributed by atoms with Gasteiger partial charge in [0.25, 0.3) is 5.91 Å². The lowest BCUT2D eigenvalue weighted by atomic mass is 9.72. The van der Waals surface area contributed by atoms with Crippen molar-refractivity contribution in [2.75, 3.05) is 24.8 Å². The lowest BCUT2D eigenvalue weighted by Gasteiger charge is -2.33. The molecule has 0 saturated carbocycles. The van der Waals surface area contributed by atoms with Gasteiger partial charge in [0.05, 0.1) is 17.7 Å². The van der Waals surface area contributed by atoms with Crippen LogP contribution >= 0.6 is 23.1 Å². The summed E-state index contributed by atoms with van der Waals surface area (Å²) < 4.78 is 12.5. The number of aromatic nitrogens is 3. The zero-order valence-corrected chi connectivity index (χ0v) is 24.8. The fraction of sp³-hybridized carbons (Fsp3) is 0.464. The monoisotopic (exact) mass is 570 g/mol. The fourth-order valence-electron chi connectivity index (χ4n) is 4.73. The van der Waals surface area contributed by atoms with E-state index in [2.05, 4.69) is 36.3 Å². The van der Waals surface area contributed by atoms with Crippen LogP contribution in [0.2, 0.25) is 0 Å². The maximum Gasteiger partial charge on any atom is 0.341 e. The molecule has 0 saturated heterocycles. The summed E-state index contributed by atoms with van der Waals surface area (Å²) in [5, 5.41) is 12.2. The molecule has 3 aromatic rings. The highest BCUT2D eigenvalue weighted by Gasteiger charge is 2.34. The number of hydrogen-bond acceptors (Lipinski definition) is 9. The summed E-state index contributed by atoms with van der Waals surface area (Å²) in [4.78, 5) is 39.3. The summed E-state index contributed by atoms with van der Waals surface area (Å²) in [6.07, 6.45) is 4.50. The third kappa shape index (κ3) is 6.36. The summed E-state index contributed by atoms with van der Waals surface area (Å²) >= 11 is 2.89. The number of fused-ring (bicyclic) bond motifs is 1. The van der Waals surface area contributed by atoms with E-state index >= 15 is 0 Å². The molecule has 2 aromatic heterocycles. The number of rotatable bonds is 8. The van der Waals surface area contributed by atoms with Crippen LogP contribution in [0.25, 0.3) is 5.69 Å². The number of nitrogens with zero attached hydrogens (tertiary/aromatic N) is 3. The molecular weight excluding hydrogens is 536 g/mol. The van der Waals surface area contributed by atoms with Crippen LogP contribution in [0.3, 0.4) is 0 Å². The largest absolute Gasteiger partial charge is 0.462 e. The van der Waals surface area contributed by atoms with E-state index in [4.69, 9.17) is 9.47 Å². The number of carbonyl (C=O) groups excluding carboxylic acids is 3. The molecule has 4 rings (SSSR count). The van der Waals surface area contributed by atoms with Crippen molar-refractivity contribution in [3.63, 3.8) is 0 Å². The molecule has 1 amide bonds. The number of carbonyl (C=O) groups is 3. The standard InChI is InChI=1S/C28H34N4O5S2/c1-7-36-26(35)23-20-13-10-18(28(3,4)5)14-21(20)39-24(23)29-22(33)15-37-25(34)17-8-11-19(12-9-17)32-16(2)30-31-27(32)38-6/h8-9,11-12,18H,7,10,13-15H2,1-6H3,(H,29,33). The highest BCUT2D eigenvalue weighted by Crippen LogP contribution is 2.44. The summed E-state index contributed by atoms with van der Waals surface area (Å²) in [7, 11) is 0. The lowest BCUT2D eigenvalue weighted by molar-refractivity contribution is -0.119. The minimum atomic E-state index is -0.619. The van der Waals surface area contributed by atoms with Crippen LogP contribution < -0.4 is 5.32 Å². The van der Waals surface area contributed by atoms with E-state index in [0.717, 1.165) is 46.4 Å². The Labute approximate surface area is 236 Å². The topological polar surface area (TPSA) is 112 Å². The molecule has 1 atom stereocenters. The molecule has 9 nitrogen and oxygen atoms in total. The van der Waals surface area contributed by atoms with Gasteiger partial charge in [-0.3, -0.25) is 9.36 Å². The van der Waals surface area contributed by atoms with Crippen molar-refractivity contribution < 1.29 is 23.9 Å². The number of amides is 1. The van der Waals surface area contributed by atoms with Crippen molar-refractivity contribution in [3.05, 3.63) is 51.7 Å². The zero-order chi connectivity index (χ0) is 28.3. The maximum atomic E-state index is 12.8. The van der Waals surface area contributed by atoms with Crippen molar-refractivity contribution in [2.24, 2.45) is 11.3 Å². The number of benzene rings is 1. The molecule has 0 bridgehead atoms. The number of thiophene rings is 1. The van der Waals surface area contributed by atoms with Gasteiger partial charge in [0.1, 0.15) is 10.8 Å². The van der Waals surface area contributed by atoms with E-state index in [1.54, 1.807) is 31.2 Å². The number of nitrogens with one attached hydrogen (secondary N) is 1. The molecule has 1 aliphatic rings. The van der Waals surface area contributed by atoms with Gasteiger partial charge in [-0.25, -0.2) is 9.59 Å². The smallest absolute Gasteiger partial charge is 0.341 e. The first-order valence-corrected chi connectivity index (χ1v) is 14.9. The van der Waals surface area contributed by atoms with Crippen LogP contribution in [-0.4, -0.2) is 52.1 Å². The fourth-order valence-corrected chi connectivity index (χ4v) is 6.60. The Morgan fingerprint density at radius 1 is 1.13 bits per heavy atom. The first kappa shape index (κ1) is 28.8. The predicted molar refractivity (Wildman–Crippen MR) is 152 cm³/mol. The Morgan fingerprint density at radius 3 is 2.49 bits per heavy atom. The molecule has 0 spiro atoms. The average molecular weight is 571 g/mol. The van der Waals surface area contributed by atoms with Gasteiger partial charge in [0.2, 0.25) is 0 Å². The van der Waals surface area contributed by atoms with Gasteiger partial charge in [-0.05, 0) is 80.5 Å². The summed E-state index contributed by atoms with van der Waals surface area (Å²) in [5.41, 5.74) is 2.66. The van der Waals surface area contributed by atoms with Gasteiger partial charge < -0.3 is 14.8 Å². The first-order valence-electron chi connectivity index (χ1n) is 12.9.